The van der Waals surface area contributed by atoms with Gasteiger partial charge in [-0.3, -0.25) is 0 Å². The number of fused-ring (bicyclic) bond motifs is 7. The minimum atomic E-state index is 1.00. The van der Waals surface area contributed by atoms with Gasteiger partial charge in [0.25, 0.3) is 0 Å². The molecule has 1 nitrogen and oxygen atoms in total. The van der Waals surface area contributed by atoms with E-state index in [1.165, 1.54) is 88.0 Å². The van der Waals surface area contributed by atoms with E-state index in [0.29, 0.717) is 0 Å². The van der Waals surface area contributed by atoms with Gasteiger partial charge >= 0.3 is 0 Å². The fourth-order valence-corrected chi connectivity index (χ4v) is 8.97. The summed E-state index contributed by atoms with van der Waals surface area (Å²) in [6, 6.07) is 78.0. The summed E-state index contributed by atoms with van der Waals surface area (Å²) in [5, 5.41) is 7.54. The van der Waals surface area contributed by atoms with Crippen molar-refractivity contribution in [3.05, 3.63) is 223 Å². The number of anilines is 3. The van der Waals surface area contributed by atoms with Crippen LogP contribution in [0, 0.1) is 0 Å². The molecule has 10 aromatic rings. The maximum absolute atomic E-state index is 2.43. The predicted molar refractivity (Wildman–Crippen MR) is 238 cm³/mol. The molecule has 0 saturated carbocycles. The van der Waals surface area contributed by atoms with Crippen molar-refractivity contribution in [2.24, 2.45) is 0 Å². The van der Waals surface area contributed by atoms with Crippen LogP contribution in [0.5, 0.6) is 0 Å². The highest BCUT2D eigenvalue weighted by atomic mass is 15.1. The van der Waals surface area contributed by atoms with Crippen LogP contribution in [0.15, 0.2) is 212 Å². The Morgan fingerprint density at radius 1 is 0.286 bits per heavy atom. The first-order valence-electron chi connectivity index (χ1n) is 19.5. The molecule has 0 bridgehead atoms. The second-order valence-electron chi connectivity index (χ2n) is 14.9. The predicted octanol–water partition coefficient (Wildman–Crippen LogP) is 15.2. The molecular formula is C55H37N. The molecule has 0 fully saturated rings. The summed E-state index contributed by atoms with van der Waals surface area (Å²) in [4.78, 5) is 2.43. The van der Waals surface area contributed by atoms with Crippen molar-refractivity contribution in [3.8, 4) is 44.5 Å². The van der Waals surface area contributed by atoms with E-state index in [9.17, 15) is 0 Å². The first-order chi connectivity index (χ1) is 27.8. The van der Waals surface area contributed by atoms with Crippen molar-refractivity contribution in [2.45, 2.75) is 6.42 Å². The lowest BCUT2D eigenvalue weighted by Crippen LogP contribution is -2.11. The van der Waals surface area contributed by atoms with Crippen molar-refractivity contribution in [3.63, 3.8) is 0 Å². The fraction of sp³-hybridized carbons (Fsp3) is 0.0182. The summed E-state index contributed by atoms with van der Waals surface area (Å²) in [6.45, 7) is 0. The Labute approximate surface area is 327 Å². The molecule has 0 spiro atoms. The van der Waals surface area contributed by atoms with Crippen LogP contribution in [0.2, 0.25) is 0 Å². The smallest absolute Gasteiger partial charge is 0.0540 e. The molecular weight excluding hydrogens is 675 g/mol. The molecule has 0 saturated heterocycles. The summed E-state index contributed by atoms with van der Waals surface area (Å²) in [7, 11) is 0. The van der Waals surface area contributed by atoms with Gasteiger partial charge < -0.3 is 4.90 Å². The fourth-order valence-electron chi connectivity index (χ4n) is 8.97. The summed E-state index contributed by atoms with van der Waals surface area (Å²) >= 11 is 0. The van der Waals surface area contributed by atoms with Gasteiger partial charge in [-0.25, -0.2) is 0 Å². The average molecular weight is 712 g/mol. The van der Waals surface area contributed by atoms with E-state index in [1.54, 1.807) is 0 Å². The van der Waals surface area contributed by atoms with E-state index in [2.05, 4.69) is 217 Å². The number of rotatable bonds is 6. The highest BCUT2D eigenvalue weighted by Gasteiger charge is 2.21. The average Bonchev–Trinajstić information content (AvgIpc) is 3.65. The van der Waals surface area contributed by atoms with E-state index in [1.807, 2.05) is 0 Å². The highest BCUT2D eigenvalue weighted by Crippen LogP contribution is 2.45. The van der Waals surface area contributed by atoms with Crippen LogP contribution in [-0.2, 0) is 6.42 Å². The summed E-state index contributed by atoms with van der Waals surface area (Å²) in [5.74, 6) is 0. The maximum Gasteiger partial charge on any atom is 0.0540 e. The van der Waals surface area contributed by atoms with Gasteiger partial charge in [-0.2, -0.15) is 0 Å². The monoisotopic (exact) mass is 711 g/mol. The first-order valence-corrected chi connectivity index (χ1v) is 19.5. The van der Waals surface area contributed by atoms with Crippen LogP contribution < -0.4 is 4.90 Å². The maximum atomic E-state index is 2.43. The third kappa shape index (κ3) is 5.40. The summed E-state index contributed by atoms with van der Waals surface area (Å²) in [6.07, 6.45) is 1.00. The molecule has 1 heteroatoms. The van der Waals surface area contributed by atoms with Gasteiger partial charge in [0, 0.05) is 16.9 Å². The third-order valence-electron chi connectivity index (χ3n) is 11.7. The van der Waals surface area contributed by atoms with Crippen molar-refractivity contribution in [2.75, 3.05) is 4.90 Å². The van der Waals surface area contributed by atoms with Crippen molar-refractivity contribution >= 4 is 49.4 Å². The molecule has 0 radical (unpaired) electrons. The first kappa shape index (κ1) is 32.2. The van der Waals surface area contributed by atoms with Crippen molar-refractivity contribution in [1.82, 2.24) is 0 Å². The zero-order chi connectivity index (χ0) is 37.0. The van der Waals surface area contributed by atoms with Crippen LogP contribution in [-0.4, -0.2) is 0 Å². The largest absolute Gasteiger partial charge is 0.310 e. The lowest BCUT2D eigenvalue weighted by molar-refractivity contribution is 1.26. The van der Waals surface area contributed by atoms with E-state index in [-0.39, 0.29) is 0 Å². The van der Waals surface area contributed by atoms with Crippen molar-refractivity contribution < 1.29 is 0 Å². The Bertz CT molecular complexity index is 3090. The Morgan fingerprint density at radius 2 is 0.839 bits per heavy atom. The molecule has 11 rings (SSSR count). The quantitative estimate of drug-likeness (QED) is 0.155. The molecule has 0 aromatic heterocycles. The van der Waals surface area contributed by atoms with E-state index in [4.69, 9.17) is 0 Å². The summed E-state index contributed by atoms with van der Waals surface area (Å²) in [5.41, 5.74) is 16.2. The number of para-hydroxylation sites is 1. The van der Waals surface area contributed by atoms with E-state index < -0.39 is 0 Å². The Balaban J connectivity index is 1.06. The molecule has 10 aromatic carbocycles. The number of nitrogens with zero attached hydrogens (tertiary/aromatic N) is 1. The van der Waals surface area contributed by atoms with Gasteiger partial charge in [-0.1, -0.05) is 170 Å². The van der Waals surface area contributed by atoms with Crippen LogP contribution >= 0.6 is 0 Å². The van der Waals surface area contributed by atoms with Gasteiger partial charge in [0.15, 0.2) is 0 Å². The van der Waals surface area contributed by atoms with Gasteiger partial charge in [-0.15, -0.1) is 0 Å². The SMILES string of the molecule is c1ccc2c(c1)Cc1ccc(-c3ccc(N(c4ccc(-c5cccc6ccccc56)cc4)c4ccccc4-c4cc5ccccc5c5ccccc45)cc3)cc1-2. The Kier molecular flexibility index (Phi) is 7.64. The topological polar surface area (TPSA) is 3.24 Å². The number of benzene rings is 10. The second kappa shape index (κ2) is 13.3. The normalized spacial score (nSPS) is 11.9. The number of hydrogen-bond acceptors (Lipinski definition) is 1. The molecule has 0 heterocycles. The Morgan fingerprint density at radius 3 is 1.64 bits per heavy atom. The molecule has 262 valence electrons. The van der Waals surface area contributed by atoms with Gasteiger partial charge in [-0.05, 0) is 131 Å². The number of hydrogen-bond donors (Lipinski definition) is 0. The van der Waals surface area contributed by atoms with E-state index >= 15 is 0 Å². The lowest BCUT2D eigenvalue weighted by Gasteiger charge is -2.28. The molecule has 0 amide bonds. The van der Waals surface area contributed by atoms with Crippen LogP contribution in [0.3, 0.4) is 0 Å². The van der Waals surface area contributed by atoms with E-state index in [0.717, 1.165) is 23.5 Å². The van der Waals surface area contributed by atoms with Crippen molar-refractivity contribution in [1.29, 1.82) is 0 Å². The van der Waals surface area contributed by atoms with Gasteiger partial charge in [0.05, 0.1) is 5.69 Å². The van der Waals surface area contributed by atoms with Crippen LogP contribution in [0.1, 0.15) is 11.1 Å². The minimum absolute atomic E-state index is 1.00. The Hall–Kier alpha value is -7.22. The highest BCUT2D eigenvalue weighted by molar-refractivity contribution is 6.15. The molecule has 0 atom stereocenters. The molecule has 0 unspecified atom stereocenters. The summed E-state index contributed by atoms with van der Waals surface area (Å²) < 4.78 is 0. The molecule has 56 heavy (non-hydrogen) atoms. The minimum Gasteiger partial charge on any atom is -0.310 e. The van der Waals surface area contributed by atoms with Gasteiger partial charge in [0.1, 0.15) is 0 Å². The van der Waals surface area contributed by atoms with Crippen LogP contribution in [0.4, 0.5) is 17.1 Å². The zero-order valence-electron chi connectivity index (χ0n) is 30.9. The zero-order valence-corrected chi connectivity index (χ0v) is 30.9. The standard InChI is InChI=1S/C55H37N/c1-4-16-46-38(12-1)15-11-22-47(46)39-28-32-45(33-29-39)56(44-30-26-37(27-31-44)40-24-25-43-34-41-13-2-6-18-49(41)53(43)35-40)55-23-10-9-21-52(55)54-36-42-14-3-5-17-48(42)50-19-7-8-20-51(50)54/h1-33,35-36H,34H2. The molecule has 0 N–H and O–H groups in total. The molecule has 1 aliphatic carbocycles. The molecule has 0 aliphatic heterocycles. The third-order valence-corrected chi connectivity index (χ3v) is 11.7. The lowest BCUT2D eigenvalue weighted by atomic mass is 9.92. The second-order valence-corrected chi connectivity index (χ2v) is 14.9. The van der Waals surface area contributed by atoms with Crippen LogP contribution in [0.25, 0.3) is 76.8 Å². The van der Waals surface area contributed by atoms with Gasteiger partial charge in [0.2, 0.25) is 0 Å². The molecule has 1 aliphatic rings.